The predicted molar refractivity (Wildman–Crippen MR) is 132 cm³/mol. The van der Waals surface area contributed by atoms with Gasteiger partial charge in [-0.05, 0) is 42.5 Å². The summed E-state index contributed by atoms with van der Waals surface area (Å²) in [5.74, 6) is -0.945. The van der Waals surface area contributed by atoms with Crippen molar-refractivity contribution in [3.8, 4) is 5.75 Å². The molecular formula is C21H21BrCl3NO6S. The van der Waals surface area contributed by atoms with Crippen LogP contribution in [0.3, 0.4) is 0 Å². The molecule has 180 valence electrons. The number of benzene rings is 1. The molecule has 1 aromatic rings. The minimum Gasteiger partial charge on any atom is -0.497 e. The standard InChI is InChI=1S/C21H21BrCl3NO6S/c1-12(2)17(20(29)31-10-13-4-6-14(30-3)7-5-13)26-18(28)16(22)19(26)33-9-8-15(27)32-11-21(23,24)25/h4-9,16,19H,10-11H2,1-3H3/b9-8+/t16-,19+/m0/s1. The Morgan fingerprint density at radius 3 is 2.36 bits per heavy atom. The lowest BCUT2D eigenvalue weighted by atomic mass is 10.1. The van der Waals surface area contributed by atoms with Gasteiger partial charge in [0, 0.05) is 6.08 Å². The molecule has 1 fully saturated rings. The maximum absolute atomic E-state index is 12.8. The summed E-state index contributed by atoms with van der Waals surface area (Å²) in [6, 6.07) is 7.08. The van der Waals surface area contributed by atoms with Crippen LogP contribution in [0.15, 0.2) is 47.0 Å². The SMILES string of the molecule is COc1ccc(COC(=O)C(=C(C)C)N2C(=O)[C@H](Br)[C@H]2S/C=C/C(=O)OCC(Cl)(Cl)Cl)cc1. The van der Waals surface area contributed by atoms with Crippen molar-refractivity contribution in [2.24, 2.45) is 0 Å². The largest absolute Gasteiger partial charge is 0.497 e. The van der Waals surface area contributed by atoms with Crippen LogP contribution in [-0.2, 0) is 30.5 Å². The lowest BCUT2D eigenvalue weighted by Gasteiger charge is -2.44. The number of hydrogen-bond donors (Lipinski definition) is 0. The van der Waals surface area contributed by atoms with Gasteiger partial charge in [-0.2, -0.15) is 0 Å². The van der Waals surface area contributed by atoms with Crippen molar-refractivity contribution in [3.63, 3.8) is 0 Å². The molecule has 2 rings (SSSR count). The monoisotopic (exact) mass is 599 g/mol. The number of amides is 1. The van der Waals surface area contributed by atoms with E-state index in [2.05, 4.69) is 15.9 Å². The second kappa shape index (κ2) is 12.4. The van der Waals surface area contributed by atoms with Crippen molar-refractivity contribution in [1.29, 1.82) is 0 Å². The average molecular weight is 602 g/mol. The Morgan fingerprint density at radius 1 is 1.18 bits per heavy atom. The fourth-order valence-electron chi connectivity index (χ4n) is 2.66. The van der Waals surface area contributed by atoms with Crippen LogP contribution in [0.2, 0.25) is 0 Å². The van der Waals surface area contributed by atoms with Crippen LogP contribution >= 0.6 is 62.5 Å². The highest BCUT2D eigenvalue weighted by molar-refractivity contribution is 9.10. The summed E-state index contributed by atoms with van der Waals surface area (Å²) >= 11 is 21.1. The van der Waals surface area contributed by atoms with E-state index < -0.39 is 32.5 Å². The third-order valence-electron chi connectivity index (χ3n) is 4.22. The first-order chi connectivity index (χ1) is 15.4. The van der Waals surface area contributed by atoms with Crippen LogP contribution in [0.25, 0.3) is 0 Å². The summed E-state index contributed by atoms with van der Waals surface area (Å²) in [6.07, 6.45) is 1.14. The van der Waals surface area contributed by atoms with Gasteiger partial charge >= 0.3 is 11.9 Å². The van der Waals surface area contributed by atoms with E-state index in [1.807, 2.05) is 0 Å². The number of thioether (sulfide) groups is 1. The first-order valence-electron chi connectivity index (χ1n) is 9.44. The van der Waals surface area contributed by atoms with Gasteiger partial charge in [0.25, 0.3) is 0 Å². The highest BCUT2D eigenvalue weighted by Gasteiger charge is 2.49. The number of halogens is 4. The summed E-state index contributed by atoms with van der Waals surface area (Å²) in [6.45, 7) is 3.06. The molecule has 0 bridgehead atoms. The Kier molecular flexibility index (Phi) is 10.4. The lowest BCUT2D eigenvalue weighted by molar-refractivity contribution is -0.149. The minimum atomic E-state index is -1.71. The molecule has 1 aliphatic heterocycles. The maximum atomic E-state index is 12.8. The second-order valence-electron chi connectivity index (χ2n) is 6.94. The van der Waals surface area contributed by atoms with E-state index in [0.29, 0.717) is 11.3 Å². The third-order valence-corrected chi connectivity index (χ3v) is 6.84. The number of carbonyl (C=O) groups excluding carboxylic acids is 3. The maximum Gasteiger partial charge on any atom is 0.355 e. The molecule has 1 aliphatic rings. The number of allylic oxidation sites excluding steroid dienone is 1. The first kappa shape index (κ1) is 27.9. The molecule has 0 saturated carbocycles. The van der Waals surface area contributed by atoms with Crippen molar-refractivity contribution < 1.29 is 28.6 Å². The number of rotatable bonds is 9. The Balaban J connectivity index is 2.02. The van der Waals surface area contributed by atoms with Crippen LogP contribution in [0.4, 0.5) is 0 Å². The fourth-order valence-corrected chi connectivity index (χ4v) is 4.59. The molecule has 2 atom stereocenters. The molecule has 0 aliphatic carbocycles. The van der Waals surface area contributed by atoms with Crippen molar-refractivity contribution in [2.45, 2.75) is 34.4 Å². The Labute approximate surface area is 219 Å². The highest BCUT2D eigenvalue weighted by Crippen LogP contribution is 2.39. The van der Waals surface area contributed by atoms with E-state index in [-0.39, 0.29) is 18.2 Å². The van der Waals surface area contributed by atoms with Crippen LogP contribution in [0.5, 0.6) is 5.75 Å². The summed E-state index contributed by atoms with van der Waals surface area (Å²) in [7, 11) is 1.56. The third kappa shape index (κ3) is 8.10. The number of hydrogen-bond acceptors (Lipinski definition) is 7. The summed E-state index contributed by atoms with van der Waals surface area (Å²) < 4.78 is 13.6. The molecule has 12 heteroatoms. The van der Waals surface area contributed by atoms with E-state index in [4.69, 9.17) is 49.0 Å². The normalized spacial score (nSPS) is 18.0. The van der Waals surface area contributed by atoms with Gasteiger partial charge in [-0.25, -0.2) is 9.59 Å². The van der Waals surface area contributed by atoms with Gasteiger partial charge in [0.15, 0.2) is 0 Å². The molecule has 7 nitrogen and oxygen atoms in total. The molecule has 1 heterocycles. The minimum absolute atomic E-state index is 0.0339. The summed E-state index contributed by atoms with van der Waals surface area (Å²) in [5, 5.41) is 0.970. The lowest BCUT2D eigenvalue weighted by Crippen LogP contribution is -2.60. The van der Waals surface area contributed by atoms with Gasteiger partial charge in [0.2, 0.25) is 9.70 Å². The number of ether oxygens (including phenoxy) is 3. The van der Waals surface area contributed by atoms with Crippen LogP contribution < -0.4 is 4.74 Å². The van der Waals surface area contributed by atoms with Crippen LogP contribution in [0.1, 0.15) is 19.4 Å². The van der Waals surface area contributed by atoms with Crippen molar-refractivity contribution in [1.82, 2.24) is 4.90 Å². The molecule has 1 saturated heterocycles. The number of carbonyl (C=O) groups is 3. The quantitative estimate of drug-likeness (QED) is 0.168. The number of esters is 2. The average Bonchev–Trinajstić information content (AvgIpc) is 2.77. The number of nitrogens with zero attached hydrogens (tertiary/aromatic N) is 1. The smallest absolute Gasteiger partial charge is 0.355 e. The molecule has 0 aromatic heterocycles. The van der Waals surface area contributed by atoms with Crippen LogP contribution in [-0.4, -0.2) is 50.5 Å². The molecule has 1 amide bonds. The van der Waals surface area contributed by atoms with E-state index in [1.165, 1.54) is 10.3 Å². The Bertz CT molecular complexity index is 944. The molecule has 0 N–H and O–H groups in total. The van der Waals surface area contributed by atoms with Gasteiger partial charge < -0.3 is 14.2 Å². The molecule has 33 heavy (non-hydrogen) atoms. The Hall–Kier alpha value is -1.39. The van der Waals surface area contributed by atoms with E-state index >= 15 is 0 Å². The molecule has 0 spiro atoms. The van der Waals surface area contributed by atoms with Gasteiger partial charge in [-0.15, -0.1) is 11.8 Å². The molecule has 0 unspecified atom stereocenters. The van der Waals surface area contributed by atoms with Crippen LogP contribution in [0, 0.1) is 0 Å². The van der Waals surface area contributed by atoms with Crippen molar-refractivity contribution >= 4 is 80.3 Å². The molecule has 0 radical (unpaired) electrons. The van der Waals surface area contributed by atoms with E-state index in [1.54, 1.807) is 45.2 Å². The highest BCUT2D eigenvalue weighted by atomic mass is 79.9. The van der Waals surface area contributed by atoms with Gasteiger partial charge in [-0.1, -0.05) is 62.9 Å². The summed E-state index contributed by atoms with van der Waals surface area (Å²) in [4.78, 5) is 37.9. The molecule has 1 aromatic carbocycles. The zero-order valence-electron chi connectivity index (χ0n) is 17.8. The second-order valence-corrected chi connectivity index (χ2v) is 11.5. The zero-order chi connectivity index (χ0) is 24.8. The fraction of sp³-hybridized carbons (Fsp3) is 0.381. The van der Waals surface area contributed by atoms with Gasteiger partial charge in [0.05, 0.1) is 7.11 Å². The molecular weight excluding hydrogens is 581 g/mol. The van der Waals surface area contributed by atoms with Crippen molar-refractivity contribution in [2.75, 3.05) is 13.7 Å². The summed E-state index contributed by atoms with van der Waals surface area (Å²) in [5.41, 5.74) is 1.53. The van der Waals surface area contributed by atoms with E-state index in [9.17, 15) is 14.4 Å². The zero-order valence-corrected chi connectivity index (χ0v) is 22.5. The predicted octanol–water partition coefficient (Wildman–Crippen LogP) is 5.12. The number of alkyl halides is 4. The number of likely N-dealkylation sites (tertiary alicyclic amines) is 1. The van der Waals surface area contributed by atoms with Crippen molar-refractivity contribution in [3.05, 3.63) is 52.6 Å². The van der Waals surface area contributed by atoms with E-state index in [0.717, 1.165) is 23.4 Å². The number of methoxy groups -OCH3 is 1. The number of β-lactam (4-membered cyclic amide) rings is 1. The Morgan fingerprint density at radius 2 is 1.82 bits per heavy atom. The first-order valence-corrected chi connectivity index (χ1v) is 12.4. The van der Waals surface area contributed by atoms with Gasteiger partial charge in [0.1, 0.15) is 34.9 Å². The topological polar surface area (TPSA) is 82.1 Å². The van der Waals surface area contributed by atoms with Gasteiger partial charge in [-0.3, -0.25) is 9.69 Å².